The Balaban J connectivity index is 1.42. The van der Waals surface area contributed by atoms with E-state index in [-0.39, 0.29) is 11.8 Å². The monoisotopic (exact) mass is 401 g/mol. The molecule has 2 aliphatic rings. The van der Waals surface area contributed by atoms with Gasteiger partial charge in [0.2, 0.25) is 5.91 Å². The van der Waals surface area contributed by atoms with Gasteiger partial charge in [-0.25, -0.2) is 4.98 Å². The van der Waals surface area contributed by atoms with Crippen LogP contribution in [0.25, 0.3) is 11.0 Å². The molecule has 0 spiro atoms. The number of para-hydroxylation sites is 2. The lowest BCUT2D eigenvalue weighted by Gasteiger charge is -2.23. The van der Waals surface area contributed by atoms with E-state index in [1.165, 1.54) is 49.6 Å². The van der Waals surface area contributed by atoms with Gasteiger partial charge in [-0.05, 0) is 43.5 Å². The van der Waals surface area contributed by atoms with Crippen molar-refractivity contribution in [2.75, 3.05) is 11.4 Å². The molecule has 3 aromatic rings. The van der Waals surface area contributed by atoms with Crippen LogP contribution in [-0.2, 0) is 11.3 Å². The third-order valence-corrected chi connectivity index (χ3v) is 7.01. The zero-order valence-electron chi connectivity index (χ0n) is 17.9. The number of aryl methyl sites for hydroxylation is 2. The maximum Gasteiger partial charge on any atom is 0.227 e. The molecule has 0 bridgehead atoms. The highest BCUT2D eigenvalue weighted by atomic mass is 16.2. The van der Waals surface area contributed by atoms with Crippen LogP contribution < -0.4 is 4.90 Å². The molecule has 30 heavy (non-hydrogen) atoms. The van der Waals surface area contributed by atoms with Gasteiger partial charge in [0.1, 0.15) is 5.82 Å². The number of amides is 1. The molecular weight excluding hydrogens is 370 g/mol. The third-order valence-electron chi connectivity index (χ3n) is 7.01. The van der Waals surface area contributed by atoms with E-state index in [1.807, 2.05) is 4.90 Å². The number of fused-ring (bicyclic) bond motifs is 1. The lowest BCUT2D eigenvalue weighted by atomic mass is 9.87. The molecule has 0 unspecified atom stereocenters. The van der Waals surface area contributed by atoms with Crippen LogP contribution in [0.3, 0.4) is 0 Å². The molecule has 1 atom stereocenters. The molecule has 1 aromatic heterocycles. The van der Waals surface area contributed by atoms with E-state index in [1.54, 1.807) is 0 Å². The van der Waals surface area contributed by atoms with Gasteiger partial charge in [-0.1, -0.05) is 61.9 Å². The highest BCUT2D eigenvalue weighted by molar-refractivity contribution is 5.96. The van der Waals surface area contributed by atoms with Gasteiger partial charge in [0, 0.05) is 31.1 Å². The van der Waals surface area contributed by atoms with Gasteiger partial charge in [0.05, 0.1) is 11.0 Å². The van der Waals surface area contributed by atoms with Crippen molar-refractivity contribution in [1.82, 2.24) is 9.55 Å². The number of hydrogen-bond donors (Lipinski definition) is 0. The zero-order chi connectivity index (χ0) is 20.5. The third kappa shape index (κ3) is 3.76. The fraction of sp³-hybridized carbons (Fsp3) is 0.462. The summed E-state index contributed by atoms with van der Waals surface area (Å²) in [5, 5.41) is 0. The minimum atomic E-state index is 0.151. The van der Waals surface area contributed by atoms with Crippen LogP contribution in [-0.4, -0.2) is 22.0 Å². The molecule has 1 aliphatic carbocycles. The SMILES string of the molecule is Cc1ccc(N2C[C@@H](c3nc4ccccc4n3CCC3CCCCC3)CC2=O)cc1. The van der Waals surface area contributed by atoms with Crippen LogP contribution in [0.2, 0.25) is 0 Å². The van der Waals surface area contributed by atoms with E-state index < -0.39 is 0 Å². The van der Waals surface area contributed by atoms with E-state index in [0.717, 1.165) is 29.5 Å². The number of anilines is 1. The number of hydrogen-bond acceptors (Lipinski definition) is 2. The molecule has 2 heterocycles. The average Bonchev–Trinajstić information content (AvgIpc) is 3.34. The Bertz CT molecular complexity index is 1030. The van der Waals surface area contributed by atoms with Crippen molar-refractivity contribution in [3.05, 3.63) is 59.9 Å². The Kier molecular flexibility index (Phi) is 5.32. The van der Waals surface area contributed by atoms with Gasteiger partial charge in [-0.3, -0.25) is 4.79 Å². The first-order chi connectivity index (χ1) is 14.7. The quantitative estimate of drug-likeness (QED) is 0.539. The van der Waals surface area contributed by atoms with Crippen LogP contribution in [0, 0.1) is 12.8 Å². The Morgan fingerprint density at radius 3 is 2.57 bits per heavy atom. The second kappa shape index (κ2) is 8.25. The highest BCUT2D eigenvalue weighted by Crippen LogP contribution is 2.34. The largest absolute Gasteiger partial charge is 0.328 e. The first-order valence-electron chi connectivity index (χ1n) is 11.5. The summed E-state index contributed by atoms with van der Waals surface area (Å²) in [6, 6.07) is 16.7. The van der Waals surface area contributed by atoms with E-state index in [9.17, 15) is 4.79 Å². The topological polar surface area (TPSA) is 38.1 Å². The number of carbonyl (C=O) groups is 1. The van der Waals surface area contributed by atoms with Gasteiger partial charge in [0.25, 0.3) is 0 Å². The smallest absolute Gasteiger partial charge is 0.227 e. The first kappa shape index (κ1) is 19.3. The molecule has 1 saturated heterocycles. The molecule has 5 rings (SSSR count). The number of aromatic nitrogens is 2. The predicted octanol–water partition coefficient (Wildman–Crippen LogP) is 5.84. The highest BCUT2D eigenvalue weighted by Gasteiger charge is 2.34. The Morgan fingerprint density at radius 2 is 1.77 bits per heavy atom. The Labute approximate surface area is 178 Å². The summed E-state index contributed by atoms with van der Waals surface area (Å²) in [6.07, 6.45) is 8.65. The fourth-order valence-electron chi connectivity index (χ4n) is 5.28. The van der Waals surface area contributed by atoms with Gasteiger partial charge < -0.3 is 9.47 Å². The summed E-state index contributed by atoms with van der Waals surface area (Å²) < 4.78 is 2.42. The molecule has 2 fully saturated rings. The normalized spacial score (nSPS) is 20.4. The van der Waals surface area contributed by atoms with Crippen LogP contribution in [0.15, 0.2) is 48.5 Å². The maximum absolute atomic E-state index is 12.9. The van der Waals surface area contributed by atoms with Crippen LogP contribution in [0.4, 0.5) is 5.69 Å². The van der Waals surface area contributed by atoms with E-state index in [2.05, 4.69) is 60.0 Å². The molecule has 1 saturated carbocycles. The molecular formula is C26H31N3O. The van der Waals surface area contributed by atoms with Crippen molar-refractivity contribution >= 4 is 22.6 Å². The molecule has 156 valence electrons. The van der Waals surface area contributed by atoms with Crippen molar-refractivity contribution in [1.29, 1.82) is 0 Å². The van der Waals surface area contributed by atoms with Gasteiger partial charge in [-0.15, -0.1) is 0 Å². The summed E-state index contributed by atoms with van der Waals surface area (Å²) in [5.74, 6) is 2.28. The molecule has 4 heteroatoms. The summed E-state index contributed by atoms with van der Waals surface area (Å²) >= 11 is 0. The van der Waals surface area contributed by atoms with E-state index in [0.29, 0.717) is 13.0 Å². The molecule has 1 amide bonds. The standard InChI is InChI=1S/C26H31N3O/c1-19-11-13-22(14-12-19)29-18-21(17-25(29)30)26-27-23-9-5-6-10-24(23)28(26)16-15-20-7-3-2-4-8-20/h5-6,9-14,20-21H,2-4,7-8,15-18H2,1H3/t21-/m0/s1. The molecule has 0 radical (unpaired) electrons. The second-order valence-corrected chi connectivity index (χ2v) is 9.14. The van der Waals surface area contributed by atoms with Crippen LogP contribution in [0.5, 0.6) is 0 Å². The summed E-state index contributed by atoms with van der Waals surface area (Å²) in [6.45, 7) is 3.80. The molecule has 4 nitrogen and oxygen atoms in total. The number of benzene rings is 2. The predicted molar refractivity (Wildman–Crippen MR) is 122 cm³/mol. The second-order valence-electron chi connectivity index (χ2n) is 9.14. The summed E-state index contributed by atoms with van der Waals surface area (Å²) in [7, 11) is 0. The van der Waals surface area contributed by atoms with Crippen molar-refractivity contribution < 1.29 is 4.79 Å². The molecule has 1 aliphatic heterocycles. The minimum absolute atomic E-state index is 0.151. The first-order valence-corrected chi connectivity index (χ1v) is 11.5. The number of rotatable bonds is 5. The van der Waals surface area contributed by atoms with E-state index in [4.69, 9.17) is 4.98 Å². The van der Waals surface area contributed by atoms with Gasteiger partial charge in [-0.2, -0.15) is 0 Å². The summed E-state index contributed by atoms with van der Waals surface area (Å²) in [4.78, 5) is 19.8. The van der Waals surface area contributed by atoms with Gasteiger partial charge >= 0.3 is 0 Å². The number of nitrogens with zero attached hydrogens (tertiary/aromatic N) is 3. The van der Waals surface area contributed by atoms with Crippen molar-refractivity contribution in [2.45, 2.75) is 64.3 Å². The lowest BCUT2D eigenvalue weighted by Crippen LogP contribution is -2.24. The lowest BCUT2D eigenvalue weighted by molar-refractivity contribution is -0.117. The maximum atomic E-state index is 12.9. The van der Waals surface area contributed by atoms with E-state index >= 15 is 0 Å². The fourth-order valence-corrected chi connectivity index (χ4v) is 5.28. The Hall–Kier alpha value is -2.62. The average molecular weight is 402 g/mol. The zero-order valence-corrected chi connectivity index (χ0v) is 17.9. The van der Waals surface area contributed by atoms with Crippen LogP contribution in [0.1, 0.15) is 62.3 Å². The number of carbonyl (C=O) groups excluding carboxylic acids is 1. The van der Waals surface area contributed by atoms with Crippen LogP contribution >= 0.6 is 0 Å². The number of imidazole rings is 1. The van der Waals surface area contributed by atoms with Crippen molar-refractivity contribution in [3.8, 4) is 0 Å². The summed E-state index contributed by atoms with van der Waals surface area (Å²) in [5.41, 5.74) is 4.48. The van der Waals surface area contributed by atoms with Crippen molar-refractivity contribution in [2.24, 2.45) is 5.92 Å². The minimum Gasteiger partial charge on any atom is -0.328 e. The molecule has 0 N–H and O–H groups in total. The van der Waals surface area contributed by atoms with Crippen molar-refractivity contribution in [3.63, 3.8) is 0 Å². The Morgan fingerprint density at radius 1 is 1.00 bits per heavy atom. The molecule has 2 aromatic carbocycles. The van der Waals surface area contributed by atoms with Gasteiger partial charge in [0.15, 0.2) is 0 Å².